The molecule has 0 bridgehead atoms. The molecule has 0 heterocycles. The Morgan fingerprint density at radius 3 is 2.62 bits per heavy atom. The van der Waals surface area contributed by atoms with Crippen molar-refractivity contribution in [2.45, 2.75) is 18.9 Å². The number of allylic oxidation sites excluding steroid dienone is 2. The Bertz CT molecular complexity index is 493. The first-order valence-electron chi connectivity index (χ1n) is 5.22. The highest BCUT2D eigenvalue weighted by molar-refractivity contribution is 5.71. The number of nitrogens with zero attached hydrogens (tertiary/aromatic N) is 1. The van der Waals surface area contributed by atoms with Crippen LogP contribution in [0.4, 0.5) is 0 Å². The van der Waals surface area contributed by atoms with Gasteiger partial charge in [-0.1, -0.05) is 42.0 Å². The van der Waals surface area contributed by atoms with Gasteiger partial charge in [-0.15, -0.1) is 0 Å². The highest BCUT2D eigenvalue weighted by atomic mass is 16.3. The zero-order chi connectivity index (χ0) is 11.6. The van der Waals surface area contributed by atoms with E-state index in [0.29, 0.717) is 6.42 Å². The van der Waals surface area contributed by atoms with Crippen LogP contribution in [0.3, 0.4) is 0 Å². The van der Waals surface area contributed by atoms with Crippen molar-refractivity contribution in [1.29, 1.82) is 5.26 Å². The van der Waals surface area contributed by atoms with E-state index in [-0.39, 0.29) is 0 Å². The molecule has 1 unspecified atom stereocenters. The zero-order valence-corrected chi connectivity index (χ0v) is 9.14. The zero-order valence-electron chi connectivity index (χ0n) is 9.14. The van der Waals surface area contributed by atoms with Crippen molar-refractivity contribution in [2.24, 2.45) is 0 Å². The summed E-state index contributed by atoms with van der Waals surface area (Å²) in [4.78, 5) is 0. The van der Waals surface area contributed by atoms with Gasteiger partial charge < -0.3 is 5.11 Å². The molecule has 0 saturated carbocycles. The van der Waals surface area contributed by atoms with Crippen LogP contribution in [0.5, 0.6) is 0 Å². The molecule has 0 saturated heterocycles. The Balaban J connectivity index is 2.40. The van der Waals surface area contributed by atoms with Crippen LogP contribution < -0.4 is 0 Å². The maximum atomic E-state index is 10.0. The van der Waals surface area contributed by atoms with Crippen LogP contribution in [0.2, 0.25) is 0 Å². The first-order valence-corrected chi connectivity index (χ1v) is 5.22. The van der Waals surface area contributed by atoms with E-state index in [1.165, 1.54) is 0 Å². The third kappa shape index (κ3) is 2.05. The van der Waals surface area contributed by atoms with Crippen molar-refractivity contribution in [3.05, 3.63) is 53.6 Å². The van der Waals surface area contributed by atoms with E-state index in [0.717, 1.165) is 16.7 Å². The highest BCUT2D eigenvalue weighted by Crippen LogP contribution is 2.32. The normalized spacial score (nSPS) is 24.3. The lowest BCUT2D eigenvalue weighted by Gasteiger charge is -2.23. The Hall–Kier alpha value is -1.85. The Labute approximate surface area is 95.2 Å². The average Bonchev–Trinajstić information content (AvgIpc) is 2.29. The minimum atomic E-state index is -1.36. The largest absolute Gasteiger partial charge is 0.372 e. The van der Waals surface area contributed by atoms with Crippen molar-refractivity contribution in [2.75, 3.05) is 0 Å². The van der Waals surface area contributed by atoms with Crippen LogP contribution in [-0.2, 0) is 0 Å². The van der Waals surface area contributed by atoms with E-state index in [4.69, 9.17) is 5.26 Å². The van der Waals surface area contributed by atoms with Crippen molar-refractivity contribution in [1.82, 2.24) is 0 Å². The molecule has 2 heteroatoms. The molecule has 2 nitrogen and oxygen atoms in total. The summed E-state index contributed by atoms with van der Waals surface area (Å²) in [5, 5.41) is 19.0. The quantitative estimate of drug-likeness (QED) is 0.726. The first kappa shape index (κ1) is 10.7. The van der Waals surface area contributed by atoms with Crippen molar-refractivity contribution >= 4 is 5.57 Å². The lowest BCUT2D eigenvalue weighted by molar-refractivity contribution is 0.154. The Morgan fingerprint density at radius 2 is 2.00 bits per heavy atom. The second-order valence-electron chi connectivity index (χ2n) is 4.14. The molecule has 1 atom stereocenters. The van der Waals surface area contributed by atoms with Crippen molar-refractivity contribution < 1.29 is 5.11 Å². The summed E-state index contributed by atoms with van der Waals surface area (Å²) >= 11 is 0. The van der Waals surface area contributed by atoms with E-state index in [9.17, 15) is 5.11 Å². The molecule has 1 aliphatic rings. The maximum absolute atomic E-state index is 10.0. The summed E-state index contributed by atoms with van der Waals surface area (Å²) < 4.78 is 0. The first-order chi connectivity index (χ1) is 7.63. The minimum Gasteiger partial charge on any atom is -0.372 e. The van der Waals surface area contributed by atoms with E-state index in [1.807, 2.05) is 49.4 Å². The number of rotatable bonds is 1. The molecule has 0 radical (unpaired) electrons. The van der Waals surface area contributed by atoms with Gasteiger partial charge in [0.2, 0.25) is 0 Å². The van der Waals surface area contributed by atoms with E-state index in [2.05, 4.69) is 0 Å². The van der Waals surface area contributed by atoms with Crippen LogP contribution in [0.15, 0.2) is 48.1 Å². The van der Waals surface area contributed by atoms with E-state index >= 15 is 0 Å². The lowest BCUT2D eigenvalue weighted by Crippen LogP contribution is -2.26. The topological polar surface area (TPSA) is 44.0 Å². The molecular weight excluding hydrogens is 198 g/mol. The fraction of sp³-hybridized carbons (Fsp3) is 0.214. The van der Waals surface area contributed by atoms with E-state index < -0.39 is 5.60 Å². The maximum Gasteiger partial charge on any atom is 0.174 e. The monoisotopic (exact) mass is 211 g/mol. The predicted molar refractivity (Wildman–Crippen MR) is 63.4 cm³/mol. The number of aliphatic hydroxyl groups is 1. The molecule has 0 amide bonds. The molecule has 0 aliphatic heterocycles. The molecule has 1 aromatic rings. The highest BCUT2D eigenvalue weighted by Gasteiger charge is 2.28. The summed E-state index contributed by atoms with van der Waals surface area (Å²) in [7, 11) is 0. The van der Waals surface area contributed by atoms with Gasteiger partial charge >= 0.3 is 0 Å². The molecule has 80 valence electrons. The SMILES string of the molecule is CC1=CC(O)(C#N)CC(c2ccccc2)=C1. The van der Waals surface area contributed by atoms with Gasteiger partial charge in [0.1, 0.15) is 6.07 Å². The van der Waals surface area contributed by atoms with Gasteiger partial charge in [0.25, 0.3) is 0 Å². The Morgan fingerprint density at radius 1 is 1.31 bits per heavy atom. The molecule has 16 heavy (non-hydrogen) atoms. The summed E-state index contributed by atoms with van der Waals surface area (Å²) in [6, 6.07) is 11.8. The second-order valence-corrected chi connectivity index (χ2v) is 4.14. The van der Waals surface area contributed by atoms with Gasteiger partial charge in [-0.3, -0.25) is 0 Å². The molecule has 0 fully saturated rings. The molecule has 1 aromatic carbocycles. The van der Waals surface area contributed by atoms with Gasteiger partial charge in [-0.2, -0.15) is 5.26 Å². The van der Waals surface area contributed by atoms with Gasteiger partial charge in [0, 0.05) is 6.42 Å². The molecule has 2 rings (SSSR count). The van der Waals surface area contributed by atoms with Crippen LogP contribution in [0, 0.1) is 11.3 Å². The number of benzene rings is 1. The summed E-state index contributed by atoms with van der Waals surface area (Å²) in [5.74, 6) is 0. The van der Waals surface area contributed by atoms with Crippen LogP contribution in [0.1, 0.15) is 18.9 Å². The van der Waals surface area contributed by atoms with Crippen molar-refractivity contribution in [3.8, 4) is 6.07 Å². The molecule has 0 aromatic heterocycles. The Kier molecular flexibility index (Phi) is 2.64. The fourth-order valence-corrected chi connectivity index (χ4v) is 1.99. The van der Waals surface area contributed by atoms with Crippen LogP contribution in [-0.4, -0.2) is 10.7 Å². The number of hydrogen-bond donors (Lipinski definition) is 1. The summed E-state index contributed by atoms with van der Waals surface area (Å²) in [6.07, 6.45) is 3.98. The number of hydrogen-bond acceptors (Lipinski definition) is 2. The molecular formula is C14H13NO. The lowest BCUT2D eigenvalue weighted by atomic mass is 9.85. The summed E-state index contributed by atoms with van der Waals surface area (Å²) in [6.45, 7) is 1.89. The third-order valence-electron chi connectivity index (χ3n) is 2.67. The molecule has 1 N–H and O–H groups in total. The van der Waals surface area contributed by atoms with E-state index in [1.54, 1.807) is 6.08 Å². The van der Waals surface area contributed by atoms with Gasteiger partial charge in [-0.25, -0.2) is 0 Å². The fourth-order valence-electron chi connectivity index (χ4n) is 1.99. The summed E-state index contributed by atoms with van der Waals surface area (Å²) in [5.41, 5.74) is 1.63. The predicted octanol–water partition coefficient (Wildman–Crippen LogP) is 2.67. The second kappa shape index (κ2) is 3.96. The minimum absolute atomic E-state index is 0.352. The number of nitriles is 1. The standard InChI is InChI=1S/C14H13NO/c1-11-7-13(9-14(16,8-11)10-15)12-5-3-2-4-6-12/h2-8,16H,9H2,1H3. The van der Waals surface area contributed by atoms with Crippen LogP contribution in [0.25, 0.3) is 5.57 Å². The molecule has 1 aliphatic carbocycles. The third-order valence-corrected chi connectivity index (χ3v) is 2.67. The average molecular weight is 211 g/mol. The van der Waals surface area contributed by atoms with Crippen molar-refractivity contribution in [3.63, 3.8) is 0 Å². The van der Waals surface area contributed by atoms with Gasteiger partial charge in [0.05, 0.1) is 0 Å². The molecule has 0 spiro atoms. The van der Waals surface area contributed by atoms with Gasteiger partial charge in [0.15, 0.2) is 5.60 Å². The van der Waals surface area contributed by atoms with Gasteiger partial charge in [-0.05, 0) is 24.1 Å². The smallest absolute Gasteiger partial charge is 0.174 e. The van der Waals surface area contributed by atoms with Crippen LogP contribution >= 0.6 is 0 Å².